The van der Waals surface area contributed by atoms with Crippen LogP contribution in [0.25, 0.3) is 33.5 Å². The minimum absolute atomic E-state index is 0.00249. The van der Waals surface area contributed by atoms with E-state index in [1.165, 1.54) is 25.5 Å². The molecular weight excluding hydrogens is 1460 g/mol. The summed E-state index contributed by atoms with van der Waals surface area (Å²) in [6, 6.07) is -10.3. The first-order chi connectivity index (χ1) is 62.6. The number of hydrogen-bond donors (Lipinski definition) is 12. The summed E-state index contributed by atoms with van der Waals surface area (Å²) in [4.78, 5) is 26.1. The van der Waals surface area contributed by atoms with Crippen molar-refractivity contribution in [3.63, 3.8) is 0 Å². The van der Waals surface area contributed by atoms with Gasteiger partial charge in [-0.2, -0.15) is 0 Å². The van der Waals surface area contributed by atoms with Crippen molar-refractivity contribution in [3.05, 3.63) is 105 Å². The van der Waals surface area contributed by atoms with E-state index in [4.69, 9.17) is 57.7 Å². The molecule has 6 saturated carbocycles. The molecule has 0 amide bonds. The van der Waals surface area contributed by atoms with Gasteiger partial charge in [0.05, 0.1) is 96.5 Å². The lowest BCUT2D eigenvalue weighted by Crippen LogP contribution is -2.33. The van der Waals surface area contributed by atoms with Crippen LogP contribution in [0.4, 0.5) is 30.6 Å². The molecule has 30 nitrogen and oxygen atoms in total. The largest absolute Gasteiger partial charge is 0.394 e. The van der Waals surface area contributed by atoms with Gasteiger partial charge in [0.2, 0.25) is 0 Å². The second-order valence-electron chi connectivity index (χ2n) is 25.4. The predicted octanol–water partition coefficient (Wildman–Crippen LogP) is 6.55. The van der Waals surface area contributed by atoms with Gasteiger partial charge in [-0.1, -0.05) is 108 Å². The van der Waals surface area contributed by atoms with Crippen LogP contribution in [0.3, 0.4) is 0 Å². The Balaban J connectivity index is 0.000000173. The standard InChI is InChI=1S/3C24H31FN6O4S/c3*1-3-8-36-24-27-22(26-16-10-14(16)13-5-4-12(2)15(25)9-13)19-23(28-24)31(30-29-19)17-11-18(35-7-6-32)21(34)20(17)33/h3*4-5,9,14,16-18,20-21,32-34H,3,6-8,10-11H2,1-2H3,(H,26,27,28)/t3*14-,16+,17+,18-,20-,21+/m000/s1/i4D,5D,6D2,7D2,8D2,9D,14D;3D2,4D,5D,6D2,8D2,9D,14D;3D2,4D,5D,8D2,9D,14D. The summed E-state index contributed by atoms with van der Waals surface area (Å²) in [7, 11) is 0. The zero-order chi connectivity index (χ0) is 101. The van der Waals surface area contributed by atoms with E-state index in [-0.39, 0.29) is 158 Å². The predicted molar refractivity (Wildman–Crippen MR) is 398 cm³/mol. The minimum Gasteiger partial charge on any atom is -0.394 e. The van der Waals surface area contributed by atoms with Crippen LogP contribution in [0, 0.1) is 38.2 Å². The summed E-state index contributed by atoms with van der Waals surface area (Å²) in [5.74, 6) is -8.27. The van der Waals surface area contributed by atoms with Gasteiger partial charge in [-0.3, -0.25) is 0 Å². The van der Waals surface area contributed by atoms with Gasteiger partial charge >= 0.3 is 0 Å². The van der Waals surface area contributed by atoms with Crippen LogP contribution in [0.2, 0.25) is 0 Å². The van der Waals surface area contributed by atoms with Crippen LogP contribution >= 0.6 is 35.3 Å². The van der Waals surface area contributed by atoms with Crippen LogP contribution in [0.5, 0.6) is 0 Å². The number of nitrogens with zero attached hydrogens (tertiary/aromatic N) is 15. The van der Waals surface area contributed by atoms with Crippen molar-refractivity contribution in [2.45, 2.75) is 224 Å². The van der Waals surface area contributed by atoms with Crippen molar-refractivity contribution >= 4 is 86.2 Å². The molecule has 6 fully saturated rings. The maximum Gasteiger partial charge on any atom is 0.191 e. The first-order valence-corrected chi connectivity index (χ1v) is 36.2. The van der Waals surface area contributed by atoms with Gasteiger partial charge in [0, 0.05) is 90.0 Å². The van der Waals surface area contributed by atoms with Crippen molar-refractivity contribution in [2.24, 2.45) is 0 Å². The number of aliphatic hydroxyl groups is 9. The van der Waals surface area contributed by atoms with E-state index in [2.05, 4.69) is 76.8 Å². The van der Waals surface area contributed by atoms with Gasteiger partial charge in [0.15, 0.2) is 66.4 Å². The summed E-state index contributed by atoms with van der Waals surface area (Å²) >= 11 is 1.39. The van der Waals surface area contributed by atoms with Crippen LogP contribution < -0.4 is 16.0 Å². The number of fused-ring (bicyclic) bond motifs is 3. The number of rotatable bonds is 30. The van der Waals surface area contributed by atoms with E-state index < -0.39 is 237 Å². The summed E-state index contributed by atoms with van der Waals surface area (Å²) in [6.07, 6.45) is -17.7. The van der Waals surface area contributed by atoms with E-state index in [1.54, 1.807) is 6.92 Å². The van der Waals surface area contributed by atoms with E-state index in [0.717, 1.165) is 23.2 Å². The van der Waals surface area contributed by atoms with Crippen molar-refractivity contribution < 1.29 is 112 Å². The lowest BCUT2D eigenvalue weighted by atomic mass is 10.1. The zero-order valence-electron chi connectivity index (χ0n) is 86.0. The van der Waals surface area contributed by atoms with Gasteiger partial charge in [-0.05, 0) is 111 Å². The molecule has 36 heteroatoms. The van der Waals surface area contributed by atoms with Crippen LogP contribution in [0.15, 0.2) is 69.9 Å². The summed E-state index contributed by atoms with van der Waals surface area (Å²) < 4.78 is 290. The molecule has 6 heterocycles. The lowest BCUT2D eigenvalue weighted by Gasteiger charge is -2.17. The summed E-state index contributed by atoms with van der Waals surface area (Å²) in [5, 5.41) is 125. The number of aliphatic hydroxyl groups excluding tert-OH is 7. The lowest BCUT2D eigenvalue weighted by molar-refractivity contribution is -0.0629. The van der Waals surface area contributed by atoms with E-state index >= 15 is 0 Å². The number of nitrogens with one attached hydrogen (secondary N) is 3. The monoisotopic (exact) mass is 1580 g/mol. The average molecular weight is 1580 g/mol. The molecule has 0 unspecified atom stereocenters. The Kier molecular flexibility index (Phi) is 16.5. The Labute approximate surface area is 672 Å². The van der Waals surface area contributed by atoms with Crippen molar-refractivity contribution in [3.8, 4) is 0 Å². The maximum absolute atomic E-state index is 14.7. The number of ether oxygens (including phenoxy) is 3. The molecule has 0 aliphatic heterocycles. The van der Waals surface area contributed by atoms with E-state index in [0.29, 0.717) is 35.3 Å². The molecule has 582 valence electrons. The van der Waals surface area contributed by atoms with Crippen molar-refractivity contribution in [2.75, 3.05) is 72.6 Å². The third kappa shape index (κ3) is 17.5. The van der Waals surface area contributed by atoms with Crippen molar-refractivity contribution in [1.29, 1.82) is 0 Å². The smallest absolute Gasteiger partial charge is 0.191 e. The molecule has 0 radical (unpaired) electrons. The Bertz CT molecular complexity index is 6000. The van der Waals surface area contributed by atoms with Gasteiger partial charge in [-0.25, -0.2) is 57.1 Å². The van der Waals surface area contributed by atoms with Gasteiger partial charge < -0.3 is 76.1 Å². The molecule has 6 aliphatic carbocycles. The van der Waals surface area contributed by atoms with Crippen LogP contribution in [-0.2, 0) is 14.2 Å². The fraction of sp³-hybridized carbons (Fsp3) is 0.583. The highest BCUT2D eigenvalue weighted by Crippen LogP contribution is 2.48. The highest BCUT2D eigenvalue weighted by molar-refractivity contribution is 7.99. The van der Waals surface area contributed by atoms with Gasteiger partial charge in [0.1, 0.15) is 54.1 Å². The van der Waals surface area contributed by atoms with E-state index in [9.17, 15) is 54.0 Å². The second kappa shape index (κ2) is 35.1. The Morgan fingerprint density at radius 2 is 0.815 bits per heavy atom. The molecular formula is C72H93F3N18O12S3. The quantitative estimate of drug-likeness (QED) is 0.0168. The average Bonchev–Trinajstić information content (AvgIpc) is 1.55. The number of benzene rings is 3. The van der Waals surface area contributed by atoms with Crippen molar-refractivity contribution in [1.82, 2.24) is 74.9 Å². The summed E-state index contributed by atoms with van der Waals surface area (Å²) in [6.45, 7) is -3.01. The van der Waals surface area contributed by atoms with Crippen LogP contribution in [0.1, 0.15) is 186 Å². The van der Waals surface area contributed by atoms with E-state index in [1.807, 2.05) is 0 Å². The molecule has 18 atom stereocenters. The molecule has 0 spiro atoms. The summed E-state index contributed by atoms with van der Waals surface area (Å²) in [5.41, 5.74) is -8.43. The molecule has 0 saturated heterocycles. The molecule has 6 aromatic heterocycles. The van der Waals surface area contributed by atoms with Gasteiger partial charge in [-0.15, -0.1) is 15.3 Å². The third-order valence-corrected chi connectivity index (χ3v) is 20.4. The molecule has 0 bridgehead atoms. The number of halogens is 3. The fourth-order valence-corrected chi connectivity index (χ4v) is 13.9. The SMILES string of the molecule is [2H]c1c([2H])c([C@]2([2H])C[C@H]2Nc2nc(SC([2H])([2H])C([2H])([2H])C)nc3c2nnn3[C@@H]2C[C@H](OCC([2H])([2H])O)[C@@H](O)[C@H]2O)c([2H])c(F)c1C.[2H]c1c([2H])c([C@]2([2H])C[C@H]2Nc2nc(SC([2H])([2H])C([2H])([2H])C)nc3c2nnn3[C@@H]2C[C@H](OCCO)[C@@H](O)[C@H]2O)c([2H])c(F)c1C.[2H]c1c([2H])c([C@]2([2H])C[C@H]2Nc2nc(SC([2H])([2H])CC)nc3c2nnn3[C@@H]2C[C@H](OC([2H])([2H])C([2H])([2H])O)[C@@H](O)[C@H]2O)c([2H])c(F)c1C. The first-order valence-electron chi connectivity index (χ1n) is 47.7. The highest BCUT2D eigenvalue weighted by atomic mass is 32.2. The molecule has 108 heavy (non-hydrogen) atoms. The number of hydrogen-bond acceptors (Lipinski definition) is 30. The second-order valence-corrected chi connectivity index (χ2v) is 27.8. The Hall–Kier alpha value is -7.14. The number of anilines is 3. The first kappa shape index (κ1) is 50.7. The molecule has 9 aromatic rings. The fourth-order valence-electron chi connectivity index (χ4n) is 12.4. The van der Waals surface area contributed by atoms with Crippen LogP contribution in [-0.4, -0.2) is 251 Å². The molecule has 6 aliphatic rings. The van der Waals surface area contributed by atoms with Gasteiger partial charge in [0.25, 0.3) is 0 Å². The number of aromatic nitrogens is 15. The highest BCUT2D eigenvalue weighted by Gasteiger charge is 2.49. The maximum atomic E-state index is 14.7. The zero-order valence-corrected chi connectivity index (χ0v) is 60.5. The normalized spacial score (nSPS) is 34.5. The molecule has 15 rings (SSSR count). The number of thioether (sulfide) groups is 3. The molecule has 3 aromatic carbocycles. The Morgan fingerprint density at radius 1 is 0.472 bits per heavy atom. The minimum atomic E-state index is -3.43. The molecule has 12 N–H and O–H groups in total. The Morgan fingerprint density at radius 3 is 1.14 bits per heavy atom. The topological polar surface area (TPSA) is 415 Å². The third-order valence-electron chi connectivity index (χ3n) is 18.3.